The Morgan fingerprint density at radius 1 is 1.07 bits per heavy atom. The number of fused-ring (bicyclic) bond motifs is 1. The highest BCUT2D eigenvalue weighted by Gasteiger charge is 2.16. The topological polar surface area (TPSA) is 45.2 Å². The Balaban J connectivity index is 0.00000136. The molecule has 0 amide bonds. The smallest absolute Gasteiger partial charge is 0.0840 e. The van der Waals surface area contributed by atoms with Gasteiger partial charge < -0.3 is 10.4 Å². The number of rotatable bonds is 5. The van der Waals surface area contributed by atoms with Gasteiger partial charge in [-0.25, -0.2) is 0 Å². The predicted molar refractivity (Wildman–Crippen MR) is 122 cm³/mol. The number of aliphatic hydroxyl groups is 1. The van der Waals surface area contributed by atoms with Crippen molar-refractivity contribution in [1.29, 1.82) is 0 Å². The first kappa shape index (κ1) is 22.2. The number of nitrogens with zero attached hydrogens (tertiary/aromatic N) is 1. The molecule has 0 spiro atoms. The molecular weight excluding hydrogens is 368 g/mol. The van der Waals surface area contributed by atoms with E-state index in [1.807, 2.05) is 44.2 Å². The lowest BCUT2D eigenvalue weighted by Crippen LogP contribution is -2.14. The molecule has 0 fully saturated rings. The largest absolute Gasteiger partial charge is 0.386 e. The van der Waals surface area contributed by atoms with Crippen molar-refractivity contribution in [2.45, 2.75) is 59.6 Å². The van der Waals surface area contributed by atoms with E-state index >= 15 is 0 Å². The Labute approximate surface area is 173 Å². The lowest BCUT2D eigenvalue weighted by molar-refractivity contribution is 0.0786. The van der Waals surface area contributed by atoms with Crippen molar-refractivity contribution < 1.29 is 5.11 Å². The van der Waals surface area contributed by atoms with Crippen LogP contribution in [0.15, 0.2) is 48.7 Å². The van der Waals surface area contributed by atoms with E-state index in [1.54, 1.807) is 20.0 Å². The minimum Gasteiger partial charge on any atom is -0.386 e. The number of anilines is 1. The molecule has 1 aromatic heterocycles. The summed E-state index contributed by atoms with van der Waals surface area (Å²) in [6.07, 6.45) is 2.71. The summed E-state index contributed by atoms with van der Waals surface area (Å²) >= 11 is 6.42. The first-order valence-corrected chi connectivity index (χ1v) is 10.4. The molecule has 3 aromatic rings. The van der Waals surface area contributed by atoms with Gasteiger partial charge in [-0.3, -0.25) is 4.98 Å². The number of hydrogen-bond acceptors (Lipinski definition) is 3. The summed E-state index contributed by atoms with van der Waals surface area (Å²) in [6, 6.07) is 14.5. The fourth-order valence-corrected chi connectivity index (χ4v) is 3.12. The summed E-state index contributed by atoms with van der Waals surface area (Å²) in [6.45, 7) is 11.9. The van der Waals surface area contributed by atoms with Crippen LogP contribution < -0.4 is 5.32 Å². The molecule has 3 rings (SSSR count). The number of benzene rings is 2. The van der Waals surface area contributed by atoms with Crippen LogP contribution in [0, 0.1) is 0 Å². The third-order valence-corrected chi connectivity index (χ3v) is 5.04. The van der Waals surface area contributed by atoms with Crippen LogP contribution in [0.25, 0.3) is 22.0 Å². The Bertz CT molecular complexity index is 914. The highest BCUT2D eigenvalue weighted by Crippen LogP contribution is 2.34. The average molecular weight is 399 g/mol. The fraction of sp³-hybridized carbons (Fsp3) is 0.375. The Kier molecular flexibility index (Phi) is 7.45. The van der Waals surface area contributed by atoms with Crippen LogP contribution in [-0.4, -0.2) is 16.1 Å². The molecule has 0 bridgehead atoms. The van der Waals surface area contributed by atoms with Crippen molar-refractivity contribution in [1.82, 2.24) is 4.98 Å². The van der Waals surface area contributed by atoms with Crippen LogP contribution >= 0.6 is 11.6 Å². The van der Waals surface area contributed by atoms with Gasteiger partial charge in [0.15, 0.2) is 0 Å². The second-order valence-corrected chi connectivity index (χ2v) is 7.71. The van der Waals surface area contributed by atoms with E-state index in [0.717, 1.165) is 39.7 Å². The summed E-state index contributed by atoms with van der Waals surface area (Å²) in [5.74, 6) is 0. The Hall–Kier alpha value is -2.10. The maximum absolute atomic E-state index is 10.1. The molecule has 2 N–H and O–H groups in total. The molecule has 1 heterocycles. The molecule has 3 nitrogen and oxygen atoms in total. The van der Waals surface area contributed by atoms with Gasteiger partial charge in [-0.2, -0.15) is 0 Å². The van der Waals surface area contributed by atoms with Gasteiger partial charge in [0.1, 0.15) is 0 Å². The highest BCUT2D eigenvalue weighted by atomic mass is 35.5. The molecule has 150 valence electrons. The fourth-order valence-electron chi connectivity index (χ4n) is 2.91. The molecule has 2 aromatic carbocycles. The summed E-state index contributed by atoms with van der Waals surface area (Å²) in [5, 5.41) is 15.3. The van der Waals surface area contributed by atoms with Crippen molar-refractivity contribution in [2.24, 2.45) is 0 Å². The third kappa shape index (κ3) is 5.03. The molecule has 0 aliphatic carbocycles. The van der Waals surface area contributed by atoms with E-state index < -0.39 is 5.60 Å². The molecule has 1 unspecified atom stereocenters. The van der Waals surface area contributed by atoms with Gasteiger partial charge in [-0.05, 0) is 56.0 Å². The first-order chi connectivity index (χ1) is 13.3. The average Bonchev–Trinajstić information content (AvgIpc) is 2.70. The monoisotopic (exact) mass is 398 g/mol. The van der Waals surface area contributed by atoms with Crippen molar-refractivity contribution in [3.63, 3.8) is 0 Å². The van der Waals surface area contributed by atoms with E-state index in [4.69, 9.17) is 11.6 Å². The summed E-state index contributed by atoms with van der Waals surface area (Å²) in [7, 11) is 0. The van der Waals surface area contributed by atoms with Gasteiger partial charge >= 0.3 is 0 Å². The number of aromatic nitrogens is 1. The molecule has 0 radical (unpaired) electrons. The Morgan fingerprint density at radius 3 is 2.25 bits per heavy atom. The van der Waals surface area contributed by atoms with Crippen LogP contribution in [0.1, 0.15) is 53.5 Å². The van der Waals surface area contributed by atoms with Gasteiger partial charge in [-0.1, -0.05) is 62.7 Å². The SMILES string of the molecule is CC.CCC(C)Nc1c(Cl)cnc2ccc(-c3ccc(C(C)(C)O)cc3)cc12. The minimum atomic E-state index is -0.841. The molecule has 0 aliphatic rings. The van der Waals surface area contributed by atoms with E-state index in [9.17, 15) is 5.11 Å². The number of pyridine rings is 1. The predicted octanol–water partition coefficient (Wildman–Crippen LogP) is 7.02. The van der Waals surface area contributed by atoms with Crippen LogP contribution in [0.4, 0.5) is 5.69 Å². The number of nitrogens with one attached hydrogen (secondary N) is 1. The maximum Gasteiger partial charge on any atom is 0.0840 e. The zero-order valence-corrected chi connectivity index (χ0v) is 18.4. The zero-order valence-electron chi connectivity index (χ0n) is 17.7. The van der Waals surface area contributed by atoms with Gasteiger partial charge in [0, 0.05) is 17.6 Å². The van der Waals surface area contributed by atoms with Gasteiger partial charge in [0.25, 0.3) is 0 Å². The van der Waals surface area contributed by atoms with E-state index in [1.165, 1.54) is 0 Å². The summed E-state index contributed by atoms with van der Waals surface area (Å²) in [5.41, 5.74) is 4.08. The van der Waals surface area contributed by atoms with E-state index in [-0.39, 0.29) is 0 Å². The van der Waals surface area contributed by atoms with Gasteiger partial charge in [0.05, 0.1) is 21.8 Å². The lowest BCUT2D eigenvalue weighted by Gasteiger charge is -2.18. The lowest BCUT2D eigenvalue weighted by atomic mass is 9.95. The van der Waals surface area contributed by atoms with Crippen LogP contribution in [0.2, 0.25) is 5.02 Å². The summed E-state index contributed by atoms with van der Waals surface area (Å²) < 4.78 is 0. The molecule has 0 saturated heterocycles. The molecule has 1 atom stereocenters. The van der Waals surface area contributed by atoms with E-state index in [2.05, 4.69) is 36.3 Å². The molecular formula is C24H31ClN2O. The molecule has 0 saturated carbocycles. The van der Waals surface area contributed by atoms with Crippen LogP contribution in [-0.2, 0) is 5.60 Å². The zero-order chi connectivity index (χ0) is 20.9. The normalized spacial score (nSPS) is 12.3. The quantitative estimate of drug-likeness (QED) is 0.485. The summed E-state index contributed by atoms with van der Waals surface area (Å²) in [4.78, 5) is 4.45. The van der Waals surface area contributed by atoms with Crippen molar-refractivity contribution in [3.05, 3.63) is 59.2 Å². The van der Waals surface area contributed by atoms with Gasteiger partial charge in [-0.15, -0.1) is 0 Å². The third-order valence-electron chi connectivity index (χ3n) is 4.75. The number of halogens is 1. The molecule has 28 heavy (non-hydrogen) atoms. The maximum atomic E-state index is 10.1. The Morgan fingerprint density at radius 2 is 1.68 bits per heavy atom. The second-order valence-electron chi connectivity index (χ2n) is 7.30. The van der Waals surface area contributed by atoms with Gasteiger partial charge in [0.2, 0.25) is 0 Å². The number of hydrogen-bond donors (Lipinski definition) is 2. The second kappa shape index (κ2) is 9.40. The van der Waals surface area contributed by atoms with Crippen molar-refractivity contribution in [3.8, 4) is 11.1 Å². The highest BCUT2D eigenvalue weighted by molar-refractivity contribution is 6.34. The van der Waals surface area contributed by atoms with Crippen LogP contribution in [0.5, 0.6) is 0 Å². The van der Waals surface area contributed by atoms with Crippen molar-refractivity contribution in [2.75, 3.05) is 5.32 Å². The van der Waals surface area contributed by atoms with Crippen molar-refractivity contribution >= 4 is 28.2 Å². The van der Waals surface area contributed by atoms with Crippen LogP contribution in [0.3, 0.4) is 0 Å². The minimum absolute atomic E-state index is 0.327. The standard InChI is InChI=1S/C22H25ClN2O.C2H6/c1-5-14(2)25-21-18-12-16(8-11-20(18)24-13-19(21)23)15-6-9-17(10-7-15)22(3,4)26;1-2/h6-14,26H,5H2,1-4H3,(H,24,25);1-2H3. The van der Waals surface area contributed by atoms with E-state index in [0.29, 0.717) is 11.1 Å². The molecule has 4 heteroatoms. The molecule has 0 aliphatic heterocycles. The first-order valence-electron chi connectivity index (χ1n) is 9.97.